The van der Waals surface area contributed by atoms with Gasteiger partial charge in [0.05, 0.1) is 0 Å². The van der Waals surface area contributed by atoms with Gasteiger partial charge in [-0.05, 0) is 0 Å². The van der Waals surface area contributed by atoms with Crippen molar-refractivity contribution in [2.45, 2.75) is 88.6 Å². The van der Waals surface area contributed by atoms with Gasteiger partial charge < -0.3 is 0 Å². The third-order valence-corrected chi connectivity index (χ3v) is 59.3. The molecule has 8 rings (SSSR count). The van der Waals surface area contributed by atoms with Crippen molar-refractivity contribution in [1.29, 1.82) is 0 Å². The Labute approximate surface area is 341 Å². The quantitative estimate of drug-likeness (QED) is 0.142. The van der Waals surface area contributed by atoms with Gasteiger partial charge in [-0.2, -0.15) is 0 Å². The SMILES string of the molecule is CCc1ccc2c(c1-c1ccccc1C)C=C(c1cc(C)c(C)o1)[CH]2[Zr]([Cl])([Cl])([CH]1C(c2cc(C)c(C)o2)=Cc2c1ccc(CC)c2-c1ccccc1C)=[Si](C)C. The first-order valence-electron chi connectivity index (χ1n) is 20.1. The van der Waals surface area contributed by atoms with Gasteiger partial charge in [-0.1, -0.05) is 0 Å². The molecular weight excluding hydrogens is 823 g/mol. The molecule has 4 aromatic carbocycles. The molecule has 2 aromatic heterocycles. The van der Waals surface area contributed by atoms with Gasteiger partial charge >= 0.3 is 344 Å². The predicted molar refractivity (Wildman–Crippen MR) is 239 cm³/mol. The molecule has 0 aliphatic heterocycles. The van der Waals surface area contributed by atoms with Crippen LogP contribution in [0.3, 0.4) is 0 Å². The van der Waals surface area contributed by atoms with E-state index in [0.29, 0.717) is 0 Å². The van der Waals surface area contributed by atoms with E-state index in [4.69, 9.17) is 25.9 Å². The van der Waals surface area contributed by atoms with Crippen LogP contribution in [-0.2, 0) is 27.9 Å². The molecule has 286 valence electrons. The van der Waals surface area contributed by atoms with E-state index < -0.39 is 20.4 Å². The van der Waals surface area contributed by atoms with Crippen LogP contribution in [0, 0.1) is 41.5 Å². The Morgan fingerprint density at radius 2 is 0.946 bits per heavy atom. The second-order valence-corrected chi connectivity index (χ2v) is 55.2. The Balaban J connectivity index is 1.50. The number of benzene rings is 4. The average Bonchev–Trinajstić information content (AvgIpc) is 3.94. The van der Waals surface area contributed by atoms with Crippen molar-refractivity contribution in [2.24, 2.45) is 0 Å². The Bertz CT molecular complexity index is 2510. The number of halogens is 2. The van der Waals surface area contributed by atoms with Gasteiger partial charge in [-0.25, -0.2) is 0 Å². The molecular formula is C50H52Cl2O2SiZr. The van der Waals surface area contributed by atoms with Gasteiger partial charge in [-0.15, -0.1) is 0 Å². The predicted octanol–water partition coefficient (Wildman–Crippen LogP) is 15.3. The summed E-state index contributed by atoms with van der Waals surface area (Å²) in [4.78, 5) is 0. The molecule has 0 spiro atoms. The monoisotopic (exact) mass is 872 g/mol. The number of hydrogen-bond acceptors (Lipinski definition) is 2. The van der Waals surface area contributed by atoms with E-state index >= 15 is 0 Å². The van der Waals surface area contributed by atoms with Crippen molar-refractivity contribution in [3.05, 3.63) is 164 Å². The summed E-state index contributed by atoms with van der Waals surface area (Å²) in [6.07, 6.45) is 6.64. The molecule has 2 heterocycles. The van der Waals surface area contributed by atoms with Crippen LogP contribution in [0.5, 0.6) is 0 Å². The molecule has 0 saturated carbocycles. The van der Waals surface area contributed by atoms with Gasteiger partial charge in [0.15, 0.2) is 0 Å². The van der Waals surface area contributed by atoms with E-state index in [-0.39, 0.29) is 7.25 Å². The topological polar surface area (TPSA) is 26.3 Å². The van der Waals surface area contributed by atoms with Crippen molar-refractivity contribution in [1.82, 2.24) is 0 Å². The molecule has 0 amide bonds. The fourth-order valence-corrected chi connectivity index (χ4v) is 37.3. The van der Waals surface area contributed by atoms with Crippen LogP contribution < -0.4 is 0 Å². The molecule has 2 aliphatic carbocycles. The molecule has 2 unspecified atom stereocenters. The maximum absolute atomic E-state index is 9.04. The van der Waals surface area contributed by atoms with Crippen molar-refractivity contribution < 1.29 is 23.8 Å². The maximum atomic E-state index is 9.04. The molecule has 0 radical (unpaired) electrons. The van der Waals surface area contributed by atoms with Crippen molar-refractivity contribution in [3.63, 3.8) is 0 Å². The summed E-state index contributed by atoms with van der Waals surface area (Å²) < 4.78 is 13.0. The number of aryl methyl sites for hydroxylation is 8. The van der Waals surface area contributed by atoms with E-state index in [1.165, 1.54) is 66.8 Å². The third kappa shape index (κ3) is 5.95. The van der Waals surface area contributed by atoms with Gasteiger partial charge in [0.1, 0.15) is 0 Å². The standard InChI is InChI=1S/2C24H23O.C2H6Si.2ClH.Zr/c2*1-5-18-10-11-19-13-20(23-12-16(3)17(4)25-23)14-22(19)24(18)21-9-7-6-8-15(21)2;1-3-2;;;/h2*6-14H,5H2,1-4H3;1-2H3;2*1H;/q;;;;;+2/p-2. The molecule has 56 heavy (non-hydrogen) atoms. The van der Waals surface area contributed by atoms with E-state index in [9.17, 15) is 0 Å². The van der Waals surface area contributed by atoms with Crippen LogP contribution in [0.25, 0.3) is 45.6 Å². The molecule has 0 fully saturated rings. The normalized spacial score (nSPS) is 16.5. The molecule has 6 heteroatoms. The number of rotatable bonds is 8. The number of hydrogen-bond donors (Lipinski definition) is 0. The molecule has 0 N–H and O–H groups in total. The number of furan rings is 2. The van der Waals surface area contributed by atoms with Crippen LogP contribution in [-0.4, -0.2) is 5.43 Å². The Morgan fingerprint density at radius 3 is 1.27 bits per heavy atom. The number of allylic oxidation sites excluding steroid dienone is 2. The minimum atomic E-state index is -5.42. The first-order valence-corrected chi connectivity index (χ1v) is 35.4. The third-order valence-electron chi connectivity index (χ3n) is 13.1. The van der Waals surface area contributed by atoms with E-state index in [2.05, 4.69) is 166 Å². The fraction of sp³-hybridized carbons (Fsp3) is 0.280. The first-order chi connectivity index (χ1) is 26.7. The van der Waals surface area contributed by atoms with Crippen LogP contribution in [0.4, 0.5) is 0 Å². The summed E-state index contributed by atoms with van der Waals surface area (Å²) in [6, 6.07) is 31.3. The summed E-state index contributed by atoms with van der Waals surface area (Å²) in [7, 11) is 18.1. The van der Waals surface area contributed by atoms with Crippen molar-refractivity contribution in [2.75, 3.05) is 0 Å². The van der Waals surface area contributed by atoms with Gasteiger partial charge in [-0.3, -0.25) is 0 Å². The van der Waals surface area contributed by atoms with Crippen molar-refractivity contribution in [3.8, 4) is 22.3 Å². The first kappa shape index (κ1) is 39.4. The van der Waals surface area contributed by atoms with Gasteiger partial charge in [0.2, 0.25) is 0 Å². The second-order valence-electron chi connectivity index (χ2n) is 16.5. The molecule has 6 aromatic rings. The summed E-state index contributed by atoms with van der Waals surface area (Å²) >= 11 is -5.42. The minimum absolute atomic E-state index is 0.221. The summed E-state index contributed by atoms with van der Waals surface area (Å²) in [5, 5.41) is 0. The van der Waals surface area contributed by atoms with Crippen LogP contribution in [0.1, 0.15) is 99.8 Å². The van der Waals surface area contributed by atoms with Crippen molar-refractivity contribution >= 4 is 45.8 Å². The average molecular weight is 875 g/mol. The van der Waals surface area contributed by atoms with Crippen LogP contribution in [0.2, 0.25) is 13.1 Å². The zero-order chi connectivity index (χ0) is 39.9. The fourth-order valence-electron chi connectivity index (χ4n) is 9.66. The van der Waals surface area contributed by atoms with E-state index in [0.717, 1.165) is 58.2 Å². The van der Waals surface area contributed by atoms with Gasteiger partial charge in [0.25, 0.3) is 0 Å². The number of fused-ring (bicyclic) bond motifs is 2. The zero-order valence-electron chi connectivity index (χ0n) is 34.4. The van der Waals surface area contributed by atoms with E-state index in [1.807, 2.05) is 0 Å². The second kappa shape index (κ2) is 14.5. The molecule has 0 bridgehead atoms. The summed E-state index contributed by atoms with van der Waals surface area (Å²) in [5.74, 6) is 3.58. The summed E-state index contributed by atoms with van der Waals surface area (Å²) in [6.45, 7) is 22.1. The Morgan fingerprint density at radius 1 is 0.554 bits per heavy atom. The molecule has 0 saturated heterocycles. The molecule has 2 aliphatic rings. The molecule has 2 nitrogen and oxygen atoms in total. The van der Waals surface area contributed by atoms with Crippen LogP contribution >= 0.6 is 17.0 Å². The summed E-state index contributed by atoms with van der Waals surface area (Å²) in [5.41, 5.74) is 18.2. The Hall–Kier alpha value is -3.40. The van der Waals surface area contributed by atoms with Crippen LogP contribution in [0.15, 0.2) is 93.8 Å². The Kier molecular flexibility index (Phi) is 10.2. The van der Waals surface area contributed by atoms with Gasteiger partial charge in [0, 0.05) is 0 Å². The van der Waals surface area contributed by atoms with E-state index in [1.54, 1.807) is 0 Å². The molecule has 2 atom stereocenters. The zero-order valence-corrected chi connectivity index (χ0v) is 39.3.